The molecule has 1 aliphatic heterocycles. The van der Waals surface area contributed by atoms with Crippen LogP contribution in [-0.2, 0) is 20.8 Å². The van der Waals surface area contributed by atoms with Gasteiger partial charge in [-0.1, -0.05) is 24.3 Å². The molecule has 2 atom stereocenters. The molecule has 12 nitrogen and oxygen atoms in total. The summed E-state index contributed by atoms with van der Waals surface area (Å²) in [5.41, 5.74) is 12.6. The molecule has 0 aliphatic carbocycles. The number of carboxylic acid groups (broad SMARTS) is 1. The number of methoxy groups -OCH3 is 1. The van der Waals surface area contributed by atoms with Gasteiger partial charge in [0.25, 0.3) is 5.91 Å². The van der Waals surface area contributed by atoms with Crippen LogP contribution in [-0.4, -0.2) is 89.8 Å². The van der Waals surface area contributed by atoms with E-state index in [9.17, 15) is 24.3 Å². The van der Waals surface area contributed by atoms with Crippen molar-refractivity contribution in [3.05, 3.63) is 65.2 Å². The van der Waals surface area contributed by atoms with E-state index < -0.39 is 42.3 Å². The first-order valence-electron chi connectivity index (χ1n) is 13.0. The Morgan fingerprint density at radius 3 is 2.30 bits per heavy atom. The van der Waals surface area contributed by atoms with E-state index in [-0.39, 0.29) is 30.9 Å². The van der Waals surface area contributed by atoms with Crippen molar-refractivity contribution in [1.29, 1.82) is 5.41 Å². The Morgan fingerprint density at radius 1 is 1.07 bits per heavy atom. The first-order chi connectivity index (χ1) is 19.1. The molecule has 0 radical (unpaired) electrons. The molecule has 0 spiro atoms. The van der Waals surface area contributed by atoms with E-state index >= 15 is 0 Å². The number of hydrogen-bond donors (Lipinski definition) is 5. The summed E-state index contributed by atoms with van der Waals surface area (Å²) in [6.07, 6.45) is 1.70. The highest BCUT2D eigenvalue weighted by atomic mass is 16.5. The Hall–Kier alpha value is -4.45. The number of hydrogen-bond acceptors (Lipinski definition) is 7. The van der Waals surface area contributed by atoms with Gasteiger partial charge in [0, 0.05) is 30.6 Å². The number of carbonyl (C=O) groups excluding carboxylic acids is 3. The van der Waals surface area contributed by atoms with Crippen molar-refractivity contribution in [3.8, 4) is 5.75 Å². The Kier molecular flexibility index (Phi) is 10.6. The second-order valence-electron chi connectivity index (χ2n) is 9.55. The van der Waals surface area contributed by atoms with Crippen molar-refractivity contribution in [1.82, 2.24) is 15.1 Å². The van der Waals surface area contributed by atoms with Crippen LogP contribution in [0.25, 0.3) is 0 Å². The van der Waals surface area contributed by atoms with E-state index in [4.69, 9.17) is 21.6 Å². The molecule has 2 aromatic rings. The topological polar surface area (TPSA) is 192 Å². The summed E-state index contributed by atoms with van der Waals surface area (Å²) in [7, 11) is 1.55. The van der Waals surface area contributed by atoms with Gasteiger partial charge in [-0.25, -0.2) is 0 Å². The van der Waals surface area contributed by atoms with Crippen molar-refractivity contribution in [2.24, 2.45) is 11.5 Å². The molecule has 3 amide bonds. The van der Waals surface area contributed by atoms with Gasteiger partial charge >= 0.3 is 5.97 Å². The van der Waals surface area contributed by atoms with Crippen LogP contribution in [0.2, 0.25) is 0 Å². The van der Waals surface area contributed by atoms with E-state index in [0.717, 1.165) is 5.56 Å². The molecule has 0 aromatic heterocycles. The number of nitrogens with two attached hydrogens (primary N) is 2. The molecule has 1 unspecified atom stereocenters. The summed E-state index contributed by atoms with van der Waals surface area (Å²) in [4.78, 5) is 54.4. The quantitative estimate of drug-likeness (QED) is 0.135. The first kappa shape index (κ1) is 30.1. The number of nitrogen functional groups attached to an aromatic ring is 1. The minimum atomic E-state index is -1.13. The molecule has 1 aliphatic rings. The third-order valence-electron chi connectivity index (χ3n) is 6.79. The van der Waals surface area contributed by atoms with Crippen LogP contribution < -0.4 is 21.5 Å². The maximum absolute atomic E-state index is 14.0. The summed E-state index contributed by atoms with van der Waals surface area (Å²) in [5, 5.41) is 19.6. The standard InChI is InChI=1S/C28H36N6O6/c1-40-21-11-5-18(6-12-21)16-22(32-26(37)20-9-7-19(8-10-20)25(30)31)27(38)34-15-14-33(17-24(35)36)28(39)23(34)4-2-3-13-29/h5-12,22-23H,2-4,13-17,29H2,1H3,(H3,30,31)(H,32,37)(H,35,36)/t22?,23-/m0/s1. The Balaban J connectivity index is 1.89. The molecular weight excluding hydrogens is 516 g/mol. The van der Waals surface area contributed by atoms with Gasteiger partial charge in [-0.3, -0.25) is 24.6 Å². The zero-order valence-electron chi connectivity index (χ0n) is 22.5. The fourth-order valence-electron chi connectivity index (χ4n) is 4.62. The van der Waals surface area contributed by atoms with Gasteiger partial charge in [0.2, 0.25) is 11.8 Å². The van der Waals surface area contributed by atoms with Gasteiger partial charge < -0.3 is 36.4 Å². The number of benzene rings is 2. The van der Waals surface area contributed by atoms with Crippen molar-refractivity contribution in [3.63, 3.8) is 0 Å². The second kappa shape index (κ2) is 14.1. The van der Waals surface area contributed by atoms with E-state index in [1.54, 1.807) is 43.5 Å². The molecule has 7 N–H and O–H groups in total. The zero-order chi connectivity index (χ0) is 29.2. The molecular formula is C28H36N6O6. The van der Waals surface area contributed by atoms with Crippen LogP contribution in [0.1, 0.15) is 40.7 Å². The van der Waals surface area contributed by atoms with E-state index in [1.165, 1.54) is 21.9 Å². The normalized spacial score (nSPS) is 15.8. The summed E-state index contributed by atoms with van der Waals surface area (Å²) in [6.45, 7) is 0.177. The van der Waals surface area contributed by atoms with Crippen LogP contribution in [0.5, 0.6) is 5.75 Å². The first-order valence-corrected chi connectivity index (χ1v) is 13.0. The van der Waals surface area contributed by atoms with Crippen LogP contribution in [0.3, 0.4) is 0 Å². The van der Waals surface area contributed by atoms with Crippen LogP contribution in [0.15, 0.2) is 48.5 Å². The SMILES string of the molecule is COc1ccc(CC(NC(=O)c2ccc(C(=N)N)cc2)C(=O)N2CCN(CC(=O)O)C(=O)[C@@H]2CCCCN)cc1. The number of ether oxygens (including phenoxy) is 1. The number of unbranched alkanes of at least 4 members (excludes halogenated alkanes) is 1. The van der Waals surface area contributed by atoms with Crippen molar-refractivity contribution >= 4 is 29.5 Å². The van der Waals surface area contributed by atoms with Gasteiger partial charge in [-0.15, -0.1) is 0 Å². The predicted octanol–water partition coefficient (Wildman–Crippen LogP) is 0.573. The highest BCUT2D eigenvalue weighted by molar-refractivity contribution is 6.00. The molecule has 1 heterocycles. The van der Waals surface area contributed by atoms with E-state index in [1.807, 2.05) is 0 Å². The minimum absolute atomic E-state index is 0.0694. The van der Waals surface area contributed by atoms with Crippen LogP contribution in [0.4, 0.5) is 0 Å². The molecule has 214 valence electrons. The second-order valence-corrected chi connectivity index (χ2v) is 9.55. The number of nitrogens with one attached hydrogen (secondary N) is 2. The lowest BCUT2D eigenvalue weighted by molar-refractivity contribution is -0.156. The smallest absolute Gasteiger partial charge is 0.323 e. The van der Waals surface area contributed by atoms with Crippen molar-refractivity contribution < 1.29 is 29.0 Å². The minimum Gasteiger partial charge on any atom is -0.497 e. The van der Waals surface area contributed by atoms with Gasteiger partial charge in [0.05, 0.1) is 7.11 Å². The third kappa shape index (κ3) is 7.79. The Labute approximate surface area is 232 Å². The summed E-state index contributed by atoms with van der Waals surface area (Å²) < 4.78 is 5.21. The number of aliphatic carboxylic acids is 1. The number of carbonyl (C=O) groups is 4. The monoisotopic (exact) mass is 552 g/mol. The predicted molar refractivity (Wildman–Crippen MR) is 148 cm³/mol. The number of piperazine rings is 1. The number of carboxylic acids is 1. The number of nitrogens with zero attached hydrogens (tertiary/aromatic N) is 2. The lowest BCUT2D eigenvalue weighted by Crippen LogP contribution is -2.63. The van der Waals surface area contributed by atoms with Crippen LogP contribution in [0, 0.1) is 5.41 Å². The molecule has 3 rings (SSSR count). The third-order valence-corrected chi connectivity index (χ3v) is 6.79. The van der Waals surface area contributed by atoms with Gasteiger partial charge in [0.1, 0.15) is 30.2 Å². The van der Waals surface area contributed by atoms with Crippen molar-refractivity contribution in [2.45, 2.75) is 37.8 Å². The lowest BCUT2D eigenvalue weighted by Gasteiger charge is -2.41. The summed E-state index contributed by atoms with van der Waals surface area (Å²) in [6, 6.07) is 11.4. The van der Waals surface area contributed by atoms with Crippen molar-refractivity contribution in [2.75, 3.05) is 33.3 Å². The summed E-state index contributed by atoms with van der Waals surface area (Å²) in [5.74, 6) is -2.00. The molecule has 12 heteroatoms. The molecule has 1 fully saturated rings. The zero-order valence-corrected chi connectivity index (χ0v) is 22.5. The fraction of sp³-hybridized carbons (Fsp3) is 0.393. The number of amides is 3. The van der Waals surface area contributed by atoms with Gasteiger partial charge in [-0.2, -0.15) is 0 Å². The number of amidine groups is 1. The highest BCUT2D eigenvalue weighted by Gasteiger charge is 2.40. The van der Waals surface area contributed by atoms with E-state index in [2.05, 4.69) is 5.32 Å². The lowest BCUT2D eigenvalue weighted by atomic mass is 9.99. The number of rotatable bonds is 13. The average Bonchev–Trinajstić information content (AvgIpc) is 2.94. The highest BCUT2D eigenvalue weighted by Crippen LogP contribution is 2.21. The average molecular weight is 553 g/mol. The Bertz CT molecular complexity index is 1220. The largest absolute Gasteiger partial charge is 0.497 e. The molecule has 2 aromatic carbocycles. The molecule has 0 bridgehead atoms. The summed E-state index contributed by atoms with van der Waals surface area (Å²) >= 11 is 0. The fourth-order valence-corrected chi connectivity index (χ4v) is 4.62. The van der Waals surface area contributed by atoms with E-state index in [0.29, 0.717) is 37.1 Å². The maximum atomic E-state index is 14.0. The van der Waals surface area contributed by atoms with Crippen LogP contribution >= 0.6 is 0 Å². The molecule has 1 saturated heterocycles. The van der Waals surface area contributed by atoms with Gasteiger partial charge in [0.15, 0.2) is 0 Å². The van der Waals surface area contributed by atoms with Gasteiger partial charge in [-0.05, 0) is 55.6 Å². The molecule has 40 heavy (non-hydrogen) atoms. The Morgan fingerprint density at radius 2 is 1.73 bits per heavy atom. The maximum Gasteiger partial charge on any atom is 0.323 e. The molecule has 0 saturated carbocycles.